The van der Waals surface area contributed by atoms with E-state index in [0.717, 1.165) is 10.4 Å². The van der Waals surface area contributed by atoms with Gasteiger partial charge in [0.05, 0.1) is 14.8 Å². The van der Waals surface area contributed by atoms with Gasteiger partial charge >= 0.3 is 0 Å². The maximum atomic E-state index is 12.6. The molecule has 0 aliphatic heterocycles. The Morgan fingerprint density at radius 2 is 1.96 bits per heavy atom. The predicted octanol–water partition coefficient (Wildman–Crippen LogP) is 2.55. The lowest BCUT2D eigenvalue weighted by Gasteiger charge is -2.21. The number of nitrogens with two attached hydrogens (primary N) is 1. The van der Waals surface area contributed by atoms with Crippen molar-refractivity contribution in [3.8, 4) is 0 Å². The summed E-state index contributed by atoms with van der Waals surface area (Å²) in [5.41, 5.74) is 5.84. The number of nitro benzene ring substituents is 1. The minimum atomic E-state index is -3.87. The highest BCUT2D eigenvalue weighted by molar-refractivity contribution is 7.89. The molecule has 0 aliphatic carbocycles. The van der Waals surface area contributed by atoms with Gasteiger partial charge in [-0.15, -0.1) is 0 Å². The average molecular weight is 364 g/mol. The molecule has 0 saturated carbocycles. The van der Waals surface area contributed by atoms with Crippen LogP contribution >= 0.6 is 11.6 Å². The average Bonchev–Trinajstić information content (AvgIpc) is 2.46. The Morgan fingerprint density at radius 1 is 1.39 bits per heavy atom. The summed E-state index contributed by atoms with van der Waals surface area (Å²) in [6.45, 7) is 5.62. The number of sulfonamides is 1. The fourth-order valence-corrected chi connectivity index (χ4v) is 3.46. The molecule has 1 atom stereocenters. The topological polar surface area (TPSA) is 107 Å². The monoisotopic (exact) mass is 363 g/mol. The Hall–Kier alpha value is -1.22. The van der Waals surface area contributed by atoms with E-state index in [4.69, 9.17) is 17.3 Å². The molecule has 1 unspecified atom stereocenters. The van der Waals surface area contributed by atoms with Crippen LogP contribution in [-0.4, -0.2) is 37.3 Å². The Balaban J connectivity index is 3.11. The summed E-state index contributed by atoms with van der Waals surface area (Å²) < 4.78 is 26.3. The SMILES string of the molecule is Cc1c(Cl)cc(S(=O)(=O)N(C)CCC(N)C(C)C)cc1[N+](=O)[O-]. The number of nitrogens with zero attached hydrogens (tertiary/aromatic N) is 2. The van der Waals surface area contributed by atoms with Gasteiger partial charge in [-0.05, 0) is 25.3 Å². The van der Waals surface area contributed by atoms with Crippen molar-refractivity contribution in [3.05, 3.63) is 32.8 Å². The van der Waals surface area contributed by atoms with Crippen LogP contribution in [0.15, 0.2) is 17.0 Å². The number of halogens is 1. The number of hydrogen-bond acceptors (Lipinski definition) is 5. The van der Waals surface area contributed by atoms with Crippen molar-refractivity contribution in [3.63, 3.8) is 0 Å². The minimum absolute atomic E-state index is 0.0463. The Bertz CT molecular complexity index is 692. The summed E-state index contributed by atoms with van der Waals surface area (Å²) in [7, 11) is -2.45. The van der Waals surface area contributed by atoms with Crippen LogP contribution in [0.2, 0.25) is 5.02 Å². The Morgan fingerprint density at radius 3 is 2.43 bits per heavy atom. The zero-order chi connectivity index (χ0) is 17.9. The first-order valence-electron chi connectivity index (χ1n) is 7.15. The molecule has 0 aliphatic rings. The normalized spacial score (nSPS) is 13.6. The molecule has 23 heavy (non-hydrogen) atoms. The highest BCUT2D eigenvalue weighted by Gasteiger charge is 2.26. The molecule has 0 aromatic heterocycles. The maximum absolute atomic E-state index is 12.6. The standard InChI is InChI=1S/C14H22ClN3O4S/c1-9(2)13(16)5-6-17(4)23(21,22)11-7-12(15)10(3)14(8-11)18(19)20/h7-9,13H,5-6,16H2,1-4H3. The first kappa shape index (κ1) is 19.8. The van der Waals surface area contributed by atoms with Gasteiger partial charge in [-0.3, -0.25) is 10.1 Å². The van der Waals surface area contributed by atoms with Crippen LogP contribution in [0.25, 0.3) is 0 Å². The molecular weight excluding hydrogens is 342 g/mol. The van der Waals surface area contributed by atoms with Gasteiger partial charge in [0.1, 0.15) is 0 Å². The van der Waals surface area contributed by atoms with Crippen molar-refractivity contribution < 1.29 is 13.3 Å². The van der Waals surface area contributed by atoms with Crippen molar-refractivity contribution in [1.29, 1.82) is 0 Å². The summed E-state index contributed by atoms with van der Waals surface area (Å²) in [6.07, 6.45) is 0.495. The molecule has 7 nitrogen and oxygen atoms in total. The first-order chi connectivity index (χ1) is 10.5. The maximum Gasteiger partial charge on any atom is 0.275 e. The summed E-state index contributed by atoms with van der Waals surface area (Å²) in [6, 6.07) is 2.15. The van der Waals surface area contributed by atoms with E-state index in [1.807, 2.05) is 13.8 Å². The Labute approximate surface area is 141 Å². The minimum Gasteiger partial charge on any atom is -0.327 e. The van der Waals surface area contributed by atoms with Crippen LogP contribution in [0.3, 0.4) is 0 Å². The van der Waals surface area contributed by atoms with Gasteiger partial charge in [0, 0.05) is 31.3 Å². The summed E-state index contributed by atoms with van der Waals surface area (Å²) >= 11 is 5.94. The zero-order valence-corrected chi connectivity index (χ0v) is 15.2. The predicted molar refractivity (Wildman–Crippen MR) is 90.1 cm³/mol. The second-order valence-electron chi connectivity index (χ2n) is 5.83. The van der Waals surface area contributed by atoms with Gasteiger partial charge in [0.2, 0.25) is 10.0 Å². The molecular formula is C14H22ClN3O4S. The van der Waals surface area contributed by atoms with E-state index in [1.165, 1.54) is 20.0 Å². The smallest absolute Gasteiger partial charge is 0.275 e. The number of benzene rings is 1. The molecule has 0 saturated heterocycles. The molecule has 2 N–H and O–H groups in total. The molecule has 1 aromatic rings. The van der Waals surface area contributed by atoms with Gasteiger partial charge in [-0.1, -0.05) is 25.4 Å². The molecule has 0 amide bonds. The van der Waals surface area contributed by atoms with Crippen molar-refractivity contribution in [1.82, 2.24) is 4.31 Å². The van der Waals surface area contributed by atoms with Crippen LogP contribution in [0, 0.1) is 23.0 Å². The summed E-state index contributed by atoms with van der Waals surface area (Å²) in [4.78, 5) is 10.2. The number of nitro groups is 1. The third kappa shape index (κ3) is 4.63. The van der Waals surface area contributed by atoms with Crippen LogP contribution in [0.4, 0.5) is 5.69 Å². The van der Waals surface area contributed by atoms with E-state index in [0.29, 0.717) is 6.42 Å². The van der Waals surface area contributed by atoms with E-state index in [-0.39, 0.29) is 39.7 Å². The molecule has 1 rings (SSSR count). The molecule has 0 bridgehead atoms. The molecule has 0 spiro atoms. The van der Waals surface area contributed by atoms with Gasteiger partial charge in [-0.2, -0.15) is 0 Å². The summed E-state index contributed by atoms with van der Waals surface area (Å²) in [5.74, 6) is 0.237. The summed E-state index contributed by atoms with van der Waals surface area (Å²) in [5, 5.41) is 11.1. The second kappa shape index (κ2) is 7.57. The van der Waals surface area contributed by atoms with E-state index in [2.05, 4.69) is 0 Å². The first-order valence-corrected chi connectivity index (χ1v) is 8.96. The molecule has 1 aromatic carbocycles. The van der Waals surface area contributed by atoms with Crippen LogP contribution < -0.4 is 5.73 Å². The van der Waals surface area contributed by atoms with Gasteiger partial charge in [-0.25, -0.2) is 12.7 Å². The zero-order valence-electron chi connectivity index (χ0n) is 13.6. The van der Waals surface area contributed by atoms with E-state index >= 15 is 0 Å². The van der Waals surface area contributed by atoms with Crippen LogP contribution in [-0.2, 0) is 10.0 Å². The third-order valence-corrected chi connectivity index (χ3v) is 6.06. The van der Waals surface area contributed by atoms with Crippen molar-refractivity contribution >= 4 is 27.3 Å². The van der Waals surface area contributed by atoms with Crippen molar-refractivity contribution in [2.24, 2.45) is 11.7 Å². The van der Waals surface area contributed by atoms with Gasteiger partial charge in [0.25, 0.3) is 5.69 Å². The largest absolute Gasteiger partial charge is 0.327 e. The second-order valence-corrected chi connectivity index (χ2v) is 8.28. The van der Waals surface area contributed by atoms with Crippen LogP contribution in [0.5, 0.6) is 0 Å². The number of rotatable bonds is 7. The molecule has 0 heterocycles. The lowest BCUT2D eigenvalue weighted by atomic mass is 10.0. The lowest BCUT2D eigenvalue weighted by Crippen LogP contribution is -2.34. The van der Waals surface area contributed by atoms with E-state index < -0.39 is 14.9 Å². The van der Waals surface area contributed by atoms with Gasteiger partial charge < -0.3 is 5.73 Å². The lowest BCUT2D eigenvalue weighted by molar-refractivity contribution is -0.385. The highest BCUT2D eigenvalue weighted by atomic mass is 35.5. The fraction of sp³-hybridized carbons (Fsp3) is 0.571. The van der Waals surface area contributed by atoms with Gasteiger partial charge in [0.15, 0.2) is 0 Å². The number of hydrogen-bond donors (Lipinski definition) is 1. The van der Waals surface area contributed by atoms with E-state index in [1.54, 1.807) is 0 Å². The quantitative estimate of drug-likeness (QED) is 0.591. The highest BCUT2D eigenvalue weighted by Crippen LogP contribution is 2.30. The van der Waals surface area contributed by atoms with Crippen molar-refractivity contribution in [2.75, 3.05) is 13.6 Å². The Kier molecular flexibility index (Phi) is 6.52. The fourth-order valence-electron chi connectivity index (χ4n) is 1.94. The molecule has 0 radical (unpaired) electrons. The van der Waals surface area contributed by atoms with Crippen molar-refractivity contribution in [2.45, 2.75) is 38.1 Å². The molecule has 9 heteroatoms. The van der Waals surface area contributed by atoms with E-state index in [9.17, 15) is 18.5 Å². The van der Waals surface area contributed by atoms with Crippen LogP contribution in [0.1, 0.15) is 25.8 Å². The molecule has 130 valence electrons. The third-order valence-electron chi connectivity index (χ3n) is 3.83. The molecule has 0 fully saturated rings.